The first kappa shape index (κ1) is 14.3. The molecule has 2 unspecified atom stereocenters. The van der Waals surface area contributed by atoms with E-state index in [1.807, 2.05) is 36.0 Å². The van der Waals surface area contributed by atoms with E-state index in [4.69, 9.17) is 4.74 Å². The monoisotopic (exact) mass is 278 g/mol. The Hall–Kier alpha value is -1.16. The normalized spacial score (nSPS) is 22.8. The first-order chi connectivity index (χ1) is 9.17. The highest BCUT2D eigenvalue weighted by atomic mass is 32.2. The second-order valence-electron chi connectivity index (χ2n) is 4.95. The predicted molar refractivity (Wildman–Crippen MR) is 84.4 cm³/mol. The van der Waals surface area contributed by atoms with Gasteiger partial charge in [0.25, 0.3) is 0 Å². The van der Waals surface area contributed by atoms with Gasteiger partial charge in [-0.1, -0.05) is 25.6 Å². The standard InChI is InChI=1S/C15H22N2OS/c1-4-9-18-14-7-5-13(6-8-14)17-15-16-11(2)10-12(3)19-15/h5-8,11-12H,4,9-10H2,1-3H3,(H,16,17). The lowest BCUT2D eigenvalue weighted by Crippen LogP contribution is -2.22. The maximum Gasteiger partial charge on any atom is 0.161 e. The van der Waals surface area contributed by atoms with Crippen LogP contribution in [0.15, 0.2) is 29.3 Å². The smallest absolute Gasteiger partial charge is 0.161 e. The van der Waals surface area contributed by atoms with Gasteiger partial charge in [-0.2, -0.15) is 0 Å². The Bertz CT molecular complexity index is 430. The van der Waals surface area contributed by atoms with Crippen molar-refractivity contribution in [3.8, 4) is 5.75 Å². The number of amidine groups is 1. The van der Waals surface area contributed by atoms with Crippen molar-refractivity contribution in [2.45, 2.75) is 44.9 Å². The number of ether oxygens (including phenoxy) is 1. The van der Waals surface area contributed by atoms with E-state index in [0.29, 0.717) is 11.3 Å². The molecule has 1 N–H and O–H groups in total. The van der Waals surface area contributed by atoms with Gasteiger partial charge in [0.2, 0.25) is 0 Å². The molecule has 2 atom stereocenters. The molecule has 0 spiro atoms. The molecular weight excluding hydrogens is 256 g/mol. The van der Waals surface area contributed by atoms with Crippen molar-refractivity contribution >= 4 is 22.6 Å². The van der Waals surface area contributed by atoms with Crippen molar-refractivity contribution < 1.29 is 4.74 Å². The number of nitrogens with zero attached hydrogens (tertiary/aromatic N) is 1. The summed E-state index contributed by atoms with van der Waals surface area (Å²) < 4.78 is 5.57. The molecule has 3 nitrogen and oxygen atoms in total. The fourth-order valence-corrected chi connectivity index (χ4v) is 3.22. The lowest BCUT2D eigenvalue weighted by molar-refractivity contribution is 0.317. The quantitative estimate of drug-likeness (QED) is 0.898. The summed E-state index contributed by atoms with van der Waals surface area (Å²) in [5.41, 5.74) is 1.07. The summed E-state index contributed by atoms with van der Waals surface area (Å²) in [6, 6.07) is 8.49. The average Bonchev–Trinajstić information content (AvgIpc) is 2.37. The van der Waals surface area contributed by atoms with Gasteiger partial charge in [-0.25, -0.2) is 0 Å². The van der Waals surface area contributed by atoms with E-state index >= 15 is 0 Å². The average molecular weight is 278 g/mol. The Morgan fingerprint density at radius 2 is 2.05 bits per heavy atom. The molecule has 0 fully saturated rings. The van der Waals surface area contributed by atoms with Crippen LogP contribution in [0.2, 0.25) is 0 Å². The molecule has 1 aromatic rings. The number of hydrogen-bond acceptors (Lipinski definition) is 4. The molecule has 0 amide bonds. The zero-order chi connectivity index (χ0) is 13.7. The van der Waals surface area contributed by atoms with E-state index in [2.05, 4.69) is 31.1 Å². The maximum absolute atomic E-state index is 5.57. The van der Waals surface area contributed by atoms with Crippen molar-refractivity contribution in [2.75, 3.05) is 11.9 Å². The summed E-state index contributed by atoms with van der Waals surface area (Å²) >= 11 is 1.81. The first-order valence-electron chi connectivity index (χ1n) is 6.91. The molecule has 0 saturated carbocycles. The van der Waals surface area contributed by atoms with Crippen LogP contribution in [0.25, 0.3) is 0 Å². The molecule has 19 heavy (non-hydrogen) atoms. The van der Waals surface area contributed by atoms with Crippen molar-refractivity contribution in [1.82, 2.24) is 0 Å². The number of hydrogen-bond donors (Lipinski definition) is 1. The lowest BCUT2D eigenvalue weighted by atomic mass is 10.2. The molecule has 1 aliphatic rings. The van der Waals surface area contributed by atoms with E-state index in [1.165, 1.54) is 0 Å². The van der Waals surface area contributed by atoms with Crippen molar-refractivity contribution in [3.63, 3.8) is 0 Å². The van der Waals surface area contributed by atoms with Gasteiger partial charge in [-0.15, -0.1) is 0 Å². The minimum atomic E-state index is 0.408. The molecule has 2 rings (SSSR count). The van der Waals surface area contributed by atoms with E-state index in [9.17, 15) is 0 Å². The van der Waals surface area contributed by atoms with Gasteiger partial charge in [-0.05, 0) is 44.0 Å². The zero-order valence-corrected chi connectivity index (χ0v) is 12.7. The van der Waals surface area contributed by atoms with Crippen molar-refractivity contribution in [1.29, 1.82) is 0 Å². The number of aliphatic imine (C=N–C) groups is 1. The summed E-state index contributed by atoms with van der Waals surface area (Å²) in [7, 11) is 0. The van der Waals surface area contributed by atoms with Crippen LogP contribution in [-0.2, 0) is 0 Å². The summed E-state index contributed by atoms with van der Waals surface area (Å²) in [5, 5.41) is 5.03. The Morgan fingerprint density at radius 1 is 1.32 bits per heavy atom. The van der Waals surface area contributed by atoms with E-state index in [1.54, 1.807) is 0 Å². The second kappa shape index (κ2) is 6.85. The van der Waals surface area contributed by atoms with Gasteiger partial charge in [0, 0.05) is 10.9 Å². The Balaban J connectivity index is 1.95. The van der Waals surface area contributed by atoms with E-state index in [-0.39, 0.29) is 0 Å². The highest BCUT2D eigenvalue weighted by Crippen LogP contribution is 2.26. The SMILES string of the molecule is CCCOc1ccc(NC2=NC(C)CC(C)S2)cc1. The molecule has 0 radical (unpaired) electrons. The van der Waals surface area contributed by atoms with E-state index < -0.39 is 0 Å². The zero-order valence-electron chi connectivity index (χ0n) is 11.8. The summed E-state index contributed by atoms with van der Waals surface area (Å²) in [6.45, 7) is 7.29. The third kappa shape index (κ3) is 4.46. The summed E-state index contributed by atoms with van der Waals surface area (Å²) in [6.07, 6.45) is 2.18. The largest absolute Gasteiger partial charge is 0.494 e. The molecular formula is C15H22N2OS. The molecule has 1 heterocycles. The molecule has 0 aromatic heterocycles. The van der Waals surface area contributed by atoms with E-state index in [0.717, 1.165) is 36.1 Å². The summed E-state index contributed by atoms with van der Waals surface area (Å²) in [4.78, 5) is 4.64. The van der Waals surface area contributed by atoms with Crippen molar-refractivity contribution in [3.05, 3.63) is 24.3 Å². The number of benzene rings is 1. The molecule has 0 bridgehead atoms. The van der Waals surface area contributed by atoms with Gasteiger partial charge < -0.3 is 10.1 Å². The Morgan fingerprint density at radius 3 is 2.68 bits per heavy atom. The highest BCUT2D eigenvalue weighted by Gasteiger charge is 2.18. The van der Waals surface area contributed by atoms with Crippen LogP contribution >= 0.6 is 11.8 Å². The number of rotatable bonds is 4. The predicted octanol–water partition coefficient (Wildman–Crippen LogP) is 4.16. The van der Waals surface area contributed by atoms with Crippen molar-refractivity contribution in [2.24, 2.45) is 4.99 Å². The third-order valence-electron chi connectivity index (χ3n) is 2.90. The number of thioether (sulfide) groups is 1. The molecule has 0 saturated heterocycles. The fraction of sp³-hybridized carbons (Fsp3) is 0.533. The Kier molecular flexibility index (Phi) is 5.14. The van der Waals surface area contributed by atoms with Crippen LogP contribution in [0.3, 0.4) is 0 Å². The van der Waals surface area contributed by atoms with Crippen LogP contribution < -0.4 is 10.1 Å². The fourth-order valence-electron chi connectivity index (χ4n) is 2.04. The summed E-state index contributed by atoms with van der Waals surface area (Å²) in [5.74, 6) is 0.923. The highest BCUT2D eigenvalue weighted by molar-refractivity contribution is 8.14. The van der Waals surface area contributed by atoms with Crippen LogP contribution in [-0.4, -0.2) is 23.1 Å². The lowest BCUT2D eigenvalue weighted by Gasteiger charge is -2.23. The minimum Gasteiger partial charge on any atom is -0.494 e. The number of anilines is 1. The van der Waals surface area contributed by atoms with Crippen LogP contribution in [0.1, 0.15) is 33.6 Å². The third-order valence-corrected chi connectivity index (χ3v) is 3.93. The molecule has 1 aromatic carbocycles. The van der Waals surface area contributed by atoms with Gasteiger partial charge in [0.05, 0.1) is 12.6 Å². The van der Waals surface area contributed by atoms with Gasteiger partial charge in [-0.3, -0.25) is 4.99 Å². The van der Waals surface area contributed by atoms with Crippen LogP contribution in [0, 0.1) is 0 Å². The van der Waals surface area contributed by atoms with Gasteiger partial charge in [0.1, 0.15) is 5.75 Å². The number of nitrogens with one attached hydrogen (secondary N) is 1. The van der Waals surface area contributed by atoms with Crippen LogP contribution in [0.4, 0.5) is 5.69 Å². The minimum absolute atomic E-state index is 0.408. The topological polar surface area (TPSA) is 33.6 Å². The van der Waals surface area contributed by atoms with Gasteiger partial charge in [0.15, 0.2) is 5.17 Å². The van der Waals surface area contributed by atoms with Crippen LogP contribution in [0.5, 0.6) is 5.75 Å². The molecule has 104 valence electrons. The molecule has 0 aliphatic carbocycles. The molecule has 4 heteroatoms. The maximum atomic E-state index is 5.57. The first-order valence-corrected chi connectivity index (χ1v) is 7.79. The second-order valence-corrected chi connectivity index (χ2v) is 6.37. The Labute approximate surface area is 119 Å². The molecule has 1 aliphatic heterocycles. The van der Waals surface area contributed by atoms with Gasteiger partial charge >= 0.3 is 0 Å².